The van der Waals surface area contributed by atoms with E-state index in [9.17, 15) is 0 Å². The Labute approximate surface area is 382 Å². The zero-order valence-corrected chi connectivity index (χ0v) is 38.6. The maximum Gasteiger partial charge on any atom is 0.109 e. The first-order valence-electron chi connectivity index (χ1n) is 23.8. The molecule has 2 heterocycles. The van der Waals surface area contributed by atoms with Crippen LogP contribution in [0.4, 0.5) is 17.1 Å². The lowest BCUT2D eigenvalue weighted by atomic mass is 9.85. The fourth-order valence-electron chi connectivity index (χ4n) is 10.0. The number of hydrogen-bond donors (Lipinski definition) is 0. The molecule has 0 aromatic heterocycles. The molecule has 324 valence electrons. The fraction of sp³-hybridized carbons (Fsp3) is 0.246. The van der Waals surface area contributed by atoms with Crippen LogP contribution < -0.4 is 9.80 Å². The number of nitrogens with zero attached hydrogens (tertiary/aromatic N) is 2. The summed E-state index contributed by atoms with van der Waals surface area (Å²) in [5.41, 5.74) is 13.5. The molecule has 3 atom stereocenters. The third-order valence-corrected chi connectivity index (χ3v) is 13.1. The lowest BCUT2D eigenvalue weighted by Gasteiger charge is -2.30. The molecule has 0 radical (unpaired) electrons. The molecule has 0 amide bonds. The van der Waals surface area contributed by atoms with E-state index in [1.54, 1.807) is 0 Å². The van der Waals surface area contributed by atoms with Crippen LogP contribution in [0.2, 0.25) is 0 Å². The summed E-state index contributed by atoms with van der Waals surface area (Å²) in [5, 5.41) is 4.92. The highest BCUT2D eigenvalue weighted by Gasteiger charge is 2.38. The van der Waals surface area contributed by atoms with E-state index in [1.807, 2.05) is 39.8 Å². The average molecular weight is 841 g/mol. The van der Waals surface area contributed by atoms with E-state index >= 15 is 0 Å². The Balaban J connectivity index is 0.00000136. The molecule has 3 unspecified atom stereocenters. The molecule has 3 aliphatic carbocycles. The van der Waals surface area contributed by atoms with Crippen LogP contribution in [0.15, 0.2) is 211 Å². The topological polar surface area (TPSA) is 15.7 Å². The second-order valence-electron chi connectivity index (χ2n) is 16.6. The van der Waals surface area contributed by atoms with Gasteiger partial charge in [-0.25, -0.2) is 0 Å². The molecule has 5 aromatic carbocycles. The van der Waals surface area contributed by atoms with Crippen molar-refractivity contribution in [3.63, 3.8) is 0 Å². The number of fused-ring (bicyclic) bond motifs is 5. The van der Waals surface area contributed by atoms with Gasteiger partial charge in [0.1, 0.15) is 11.9 Å². The van der Waals surface area contributed by atoms with Crippen LogP contribution in [0.3, 0.4) is 0 Å². The van der Waals surface area contributed by atoms with Crippen molar-refractivity contribution in [1.82, 2.24) is 0 Å². The average Bonchev–Trinajstić information content (AvgIpc) is 3.76. The van der Waals surface area contributed by atoms with Crippen molar-refractivity contribution in [3.05, 3.63) is 223 Å². The third-order valence-electron chi connectivity index (χ3n) is 13.1. The Morgan fingerprint density at radius 3 is 2.14 bits per heavy atom. The molecule has 5 aromatic rings. The summed E-state index contributed by atoms with van der Waals surface area (Å²) in [5.74, 6) is 1.44. The zero-order chi connectivity index (χ0) is 44.6. The van der Waals surface area contributed by atoms with E-state index in [0.29, 0.717) is 5.92 Å². The number of hydrogen-bond acceptors (Lipinski definition) is 3. The van der Waals surface area contributed by atoms with Gasteiger partial charge in [-0.1, -0.05) is 169 Å². The monoisotopic (exact) mass is 841 g/mol. The second-order valence-corrected chi connectivity index (χ2v) is 16.6. The highest BCUT2D eigenvalue weighted by Crippen LogP contribution is 2.45. The van der Waals surface area contributed by atoms with Gasteiger partial charge < -0.3 is 14.5 Å². The minimum absolute atomic E-state index is 0.0589. The van der Waals surface area contributed by atoms with E-state index in [0.717, 1.165) is 67.8 Å². The SMILES string of the molecule is C=C/C1=C(\C=C)N(c2ccc3c(ccc4cc(N(C5=CC=C(c6ccccc6)CC5)c5ccc(C6=CCCC=C6)cc5)ccc43)c2)C/C=C\C2=C(OC3CCC=CC23)C1C.CC.CC. The van der Waals surface area contributed by atoms with Gasteiger partial charge in [-0.05, 0) is 136 Å². The first kappa shape index (κ1) is 44.0. The van der Waals surface area contributed by atoms with Crippen LogP contribution >= 0.6 is 0 Å². The number of allylic oxidation sites excluding steroid dienone is 13. The zero-order valence-electron chi connectivity index (χ0n) is 38.6. The Hall–Kier alpha value is -6.58. The van der Waals surface area contributed by atoms with Gasteiger partial charge >= 0.3 is 0 Å². The van der Waals surface area contributed by atoms with Gasteiger partial charge in [-0.3, -0.25) is 0 Å². The van der Waals surface area contributed by atoms with Crippen molar-refractivity contribution in [2.45, 2.75) is 79.2 Å². The van der Waals surface area contributed by atoms with Gasteiger partial charge in [0.25, 0.3) is 0 Å². The predicted octanol–water partition coefficient (Wildman–Crippen LogP) is 16.9. The molecule has 0 spiro atoms. The van der Waals surface area contributed by atoms with Crippen LogP contribution in [-0.2, 0) is 4.74 Å². The largest absolute Gasteiger partial charge is 0.493 e. The molecule has 10 rings (SSSR count). The van der Waals surface area contributed by atoms with Crippen molar-refractivity contribution in [3.8, 4) is 0 Å². The quantitative estimate of drug-likeness (QED) is 0.114. The van der Waals surface area contributed by atoms with Gasteiger partial charge in [-0.2, -0.15) is 0 Å². The van der Waals surface area contributed by atoms with Crippen LogP contribution in [0.1, 0.15) is 84.3 Å². The summed E-state index contributed by atoms with van der Waals surface area (Å²) in [7, 11) is 0. The first-order chi connectivity index (χ1) is 31.6. The summed E-state index contributed by atoms with van der Waals surface area (Å²) in [4.78, 5) is 4.83. The number of rotatable bonds is 8. The maximum atomic E-state index is 6.70. The van der Waals surface area contributed by atoms with E-state index in [-0.39, 0.29) is 12.0 Å². The first-order valence-corrected chi connectivity index (χ1v) is 23.8. The molecule has 5 aliphatic rings. The number of anilines is 3. The van der Waals surface area contributed by atoms with Gasteiger partial charge in [0.05, 0.1) is 0 Å². The Kier molecular flexibility index (Phi) is 14.0. The van der Waals surface area contributed by atoms with Crippen molar-refractivity contribution < 1.29 is 4.74 Å². The van der Waals surface area contributed by atoms with Gasteiger partial charge in [0.15, 0.2) is 0 Å². The van der Waals surface area contributed by atoms with E-state index < -0.39 is 0 Å². The summed E-state index contributed by atoms with van der Waals surface area (Å²) in [6, 6.07) is 38.4. The standard InChI is InChI=1S/C57H52N2O.2C2H6/c1-4-50-39(3)57-54(53-19-12-13-21-56(53)60-57)20-14-36-58(55(50)5-2)48-32-34-51-44(37-48)22-23-45-38-49(33-35-52(45)51)59(46-28-24-42(25-29-46)40-15-8-6-9-16-40)47-30-26-43(27-31-47)41-17-10-7-11-18-41;2*1-2/h4-6,8-10,12,14-20,22-24,26-28,30-35,37-39,53,56H,1-2,7,11,13,21,25,29,36H2,3H3;2*1-2H3/b20-14-,55-50-;;. The summed E-state index contributed by atoms with van der Waals surface area (Å²) in [6.07, 6.45) is 31.3. The second kappa shape index (κ2) is 20.3. The summed E-state index contributed by atoms with van der Waals surface area (Å²) in [6.45, 7) is 19.6. The number of benzene rings is 5. The molecule has 0 fully saturated rings. The molecular weight excluding hydrogens is 777 g/mol. The minimum atomic E-state index is 0.0589. The van der Waals surface area contributed by atoms with Crippen molar-refractivity contribution in [1.29, 1.82) is 0 Å². The highest BCUT2D eigenvalue weighted by molar-refractivity contribution is 6.09. The van der Waals surface area contributed by atoms with Crippen LogP contribution in [0, 0.1) is 11.8 Å². The molecular formula is C61H64N2O. The Morgan fingerprint density at radius 1 is 0.688 bits per heavy atom. The van der Waals surface area contributed by atoms with Crippen LogP contribution in [0.5, 0.6) is 0 Å². The maximum absolute atomic E-state index is 6.70. The van der Waals surface area contributed by atoms with Crippen LogP contribution in [-0.4, -0.2) is 12.6 Å². The van der Waals surface area contributed by atoms with Crippen LogP contribution in [0.25, 0.3) is 32.7 Å². The van der Waals surface area contributed by atoms with E-state index in [2.05, 4.69) is 188 Å². The third kappa shape index (κ3) is 8.69. The predicted molar refractivity (Wildman–Crippen MR) is 278 cm³/mol. The van der Waals surface area contributed by atoms with Gasteiger partial charge in [0.2, 0.25) is 0 Å². The van der Waals surface area contributed by atoms with Crippen molar-refractivity contribution in [2.24, 2.45) is 11.8 Å². The number of ether oxygens (including phenoxy) is 1. The lowest BCUT2D eigenvalue weighted by molar-refractivity contribution is 0.101. The van der Waals surface area contributed by atoms with E-state index in [1.165, 1.54) is 66.5 Å². The fourth-order valence-corrected chi connectivity index (χ4v) is 10.0. The Morgan fingerprint density at radius 2 is 1.44 bits per heavy atom. The molecule has 0 N–H and O–H groups in total. The smallest absolute Gasteiger partial charge is 0.109 e. The lowest BCUT2D eigenvalue weighted by Crippen LogP contribution is -2.25. The molecule has 3 nitrogen and oxygen atoms in total. The van der Waals surface area contributed by atoms with Gasteiger partial charge in [0, 0.05) is 52.4 Å². The summed E-state index contributed by atoms with van der Waals surface area (Å²) >= 11 is 0. The molecule has 0 saturated heterocycles. The minimum Gasteiger partial charge on any atom is -0.493 e. The van der Waals surface area contributed by atoms with Gasteiger partial charge in [-0.15, -0.1) is 0 Å². The van der Waals surface area contributed by atoms with E-state index in [4.69, 9.17) is 4.74 Å². The Bertz CT molecular complexity index is 2770. The van der Waals surface area contributed by atoms with Crippen molar-refractivity contribution >= 4 is 49.8 Å². The molecule has 3 heteroatoms. The highest BCUT2D eigenvalue weighted by atomic mass is 16.5. The molecule has 0 saturated carbocycles. The molecule has 0 bridgehead atoms. The molecule has 64 heavy (non-hydrogen) atoms. The summed E-state index contributed by atoms with van der Waals surface area (Å²) < 4.78 is 6.70. The van der Waals surface area contributed by atoms with Crippen molar-refractivity contribution in [2.75, 3.05) is 16.3 Å². The normalized spacial score (nSPS) is 21.8. The molecule has 2 aliphatic heterocycles.